The van der Waals surface area contributed by atoms with Crippen molar-refractivity contribution in [3.63, 3.8) is 0 Å². The summed E-state index contributed by atoms with van der Waals surface area (Å²) in [5, 5.41) is 0. The molecule has 0 saturated carbocycles. The molecule has 0 heterocycles. The van der Waals surface area contributed by atoms with Gasteiger partial charge in [-0.15, -0.1) is 0 Å². The maximum atomic E-state index is 5.80. The molecule has 2 nitrogen and oxygen atoms in total. The fourth-order valence-electron chi connectivity index (χ4n) is 1.69. The summed E-state index contributed by atoms with van der Waals surface area (Å²) in [5.41, 5.74) is 16.2. The summed E-state index contributed by atoms with van der Waals surface area (Å²) in [6.07, 6.45) is 4.12. The van der Waals surface area contributed by atoms with Crippen LogP contribution in [0.1, 0.15) is 16.7 Å². The van der Waals surface area contributed by atoms with Crippen LogP contribution in [0.2, 0.25) is 0 Å². The van der Waals surface area contributed by atoms with Gasteiger partial charge in [0.15, 0.2) is 0 Å². The summed E-state index contributed by atoms with van der Waals surface area (Å²) in [4.78, 5) is 0. The third kappa shape index (κ3) is 2.67. The molecule has 4 N–H and O–H groups in total. The Morgan fingerprint density at radius 1 is 0.882 bits per heavy atom. The SMILES string of the molecule is Cc1cc(N)c(N)cc1C=Cc1ccccc1. The second-order valence-corrected chi connectivity index (χ2v) is 4.08. The lowest BCUT2D eigenvalue weighted by Gasteiger charge is -2.05. The summed E-state index contributed by atoms with van der Waals surface area (Å²) in [6.45, 7) is 2.03. The van der Waals surface area contributed by atoms with E-state index >= 15 is 0 Å². The van der Waals surface area contributed by atoms with Gasteiger partial charge in [-0.1, -0.05) is 42.5 Å². The number of anilines is 2. The van der Waals surface area contributed by atoms with E-state index in [9.17, 15) is 0 Å². The lowest BCUT2D eigenvalue weighted by atomic mass is 10.0. The number of hydrogen-bond acceptors (Lipinski definition) is 2. The van der Waals surface area contributed by atoms with Crippen LogP contribution in [0.5, 0.6) is 0 Å². The van der Waals surface area contributed by atoms with Crippen LogP contribution < -0.4 is 11.5 Å². The maximum Gasteiger partial charge on any atom is 0.0553 e. The van der Waals surface area contributed by atoms with E-state index < -0.39 is 0 Å². The van der Waals surface area contributed by atoms with Crippen LogP contribution in [0.4, 0.5) is 11.4 Å². The lowest BCUT2D eigenvalue weighted by molar-refractivity contribution is 1.45. The third-order valence-electron chi connectivity index (χ3n) is 2.73. The second kappa shape index (κ2) is 4.74. The highest BCUT2D eigenvalue weighted by atomic mass is 14.7. The molecular formula is C15H16N2. The quantitative estimate of drug-likeness (QED) is 0.607. The minimum atomic E-state index is 0.628. The molecule has 86 valence electrons. The van der Waals surface area contributed by atoms with Crippen molar-refractivity contribution in [2.75, 3.05) is 11.5 Å². The van der Waals surface area contributed by atoms with Crippen molar-refractivity contribution in [1.82, 2.24) is 0 Å². The van der Waals surface area contributed by atoms with Crippen LogP contribution in [0.25, 0.3) is 12.2 Å². The fraction of sp³-hybridized carbons (Fsp3) is 0.0667. The van der Waals surface area contributed by atoms with Gasteiger partial charge in [-0.05, 0) is 35.7 Å². The average molecular weight is 224 g/mol. The molecule has 0 aliphatic heterocycles. The molecule has 2 heteroatoms. The highest BCUT2D eigenvalue weighted by Gasteiger charge is 1.99. The maximum absolute atomic E-state index is 5.80. The van der Waals surface area contributed by atoms with E-state index in [-0.39, 0.29) is 0 Å². The molecule has 2 aromatic carbocycles. The number of aryl methyl sites for hydroxylation is 1. The van der Waals surface area contributed by atoms with Gasteiger partial charge in [0.05, 0.1) is 11.4 Å². The van der Waals surface area contributed by atoms with Crippen LogP contribution in [0, 0.1) is 6.92 Å². The minimum Gasteiger partial charge on any atom is -0.397 e. The zero-order valence-electron chi connectivity index (χ0n) is 9.85. The molecule has 0 unspecified atom stereocenters. The largest absolute Gasteiger partial charge is 0.397 e. The predicted octanol–water partition coefficient (Wildman–Crippen LogP) is 3.33. The summed E-state index contributed by atoms with van der Waals surface area (Å²) < 4.78 is 0. The molecular weight excluding hydrogens is 208 g/mol. The first-order valence-electron chi connectivity index (χ1n) is 5.55. The van der Waals surface area contributed by atoms with Gasteiger partial charge in [-0.3, -0.25) is 0 Å². The highest BCUT2D eigenvalue weighted by molar-refractivity contribution is 5.76. The number of benzene rings is 2. The van der Waals surface area contributed by atoms with Gasteiger partial charge in [0.1, 0.15) is 0 Å². The molecule has 0 fully saturated rings. The highest BCUT2D eigenvalue weighted by Crippen LogP contribution is 2.22. The Balaban J connectivity index is 2.31. The van der Waals surface area contributed by atoms with Crippen LogP contribution in [-0.4, -0.2) is 0 Å². The molecule has 2 aromatic rings. The molecule has 0 radical (unpaired) electrons. The molecule has 0 amide bonds. The van der Waals surface area contributed by atoms with Crippen LogP contribution in [0.15, 0.2) is 42.5 Å². The van der Waals surface area contributed by atoms with E-state index in [1.165, 1.54) is 5.56 Å². The van der Waals surface area contributed by atoms with E-state index in [1.54, 1.807) is 0 Å². The Morgan fingerprint density at radius 3 is 2.24 bits per heavy atom. The summed E-state index contributed by atoms with van der Waals surface area (Å²) >= 11 is 0. The molecule has 0 saturated heterocycles. The smallest absolute Gasteiger partial charge is 0.0553 e. The third-order valence-corrected chi connectivity index (χ3v) is 2.73. The Bertz CT molecular complexity index is 542. The van der Waals surface area contributed by atoms with Gasteiger partial charge in [0.2, 0.25) is 0 Å². The van der Waals surface area contributed by atoms with Gasteiger partial charge in [0, 0.05) is 0 Å². The standard InChI is InChI=1S/C15H16N2/c1-11-9-14(16)15(17)10-13(11)8-7-12-5-3-2-4-6-12/h2-10H,16-17H2,1H3. The van der Waals surface area contributed by atoms with Crippen LogP contribution in [0.3, 0.4) is 0 Å². The van der Waals surface area contributed by atoms with Crippen molar-refractivity contribution in [1.29, 1.82) is 0 Å². The number of nitrogens with two attached hydrogens (primary N) is 2. The minimum absolute atomic E-state index is 0.628. The van der Waals surface area contributed by atoms with Crippen molar-refractivity contribution in [3.05, 3.63) is 59.2 Å². The summed E-state index contributed by atoms with van der Waals surface area (Å²) in [7, 11) is 0. The van der Waals surface area contributed by atoms with Crippen molar-refractivity contribution in [2.45, 2.75) is 6.92 Å². The first-order chi connectivity index (χ1) is 8.16. The van der Waals surface area contributed by atoms with Crippen molar-refractivity contribution in [3.8, 4) is 0 Å². The van der Waals surface area contributed by atoms with E-state index in [0.29, 0.717) is 11.4 Å². The molecule has 0 aliphatic carbocycles. The van der Waals surface area contributed by atoms with Crippen molar-refractivity contribution in [2.24, 2.45) is 0 Å². The van der Waals surface area contributed by atoms with Crippen molar-refractivity contribution < 1.29 is 0 Å². The predicted molar refractivity (Wildman–Crippen MR) is 75.4 cm³/mol. The molecule has 0 spiro atoms. The first kappa shape index (κ1) is 11.3. The Labute approximate surface area is 102 Å². The van der Waals surface area contributed by atoms with Gasteiger partial charge < -0.3 is 11.5 Å². The first-order valence-corrected chi connectivity index (χ1v) is 5.55. The van der Waals surface area contributed by atoms with E-state index in [2.05, 4.69) is 24.3 Å². The summed E-state index contributed by atoms with van der Waals surface area (Å²) in [5.74, 6) is 0. The van der Waals surface area contributed by atoms with Crippen molar-refractivity contribution >= 4 is 23.5 Å². The van der Waals surface area contributed by atoms with Gasteiger partial charge in [0.25, 0.3) is 0 Å². The second-order valence-electron chi connectivity index (χ2n) is 4.08. The monoisotopic (exact) mass is 224 g/mol. The summed E-state index contributed by atoms with van der Waals surface area (Å²) in [6, 6.07) is 14.0. The van der Waals surface area contributed by atoms with Crippen LogP contribution >= 0.6 is 0 Å². The molecule has 2 rings (SSSR count). The van der Waals surface area contributed by atoms with E-state index in [4.69, 9.17) is 11.5 Å². The fourth-order valence-corrected chi connectivity index (χ4v) is 1.69. The normalized spacial score (nSPS) is 10.9. The van der Waals surface area contributed by atoms with Crippen LogP contribution in [-0.2, 0) is 0 Å². The molecule has 0 aromatic heterocycles. The lowest BCUT2D eigenvalue weighted by Crippen LogP contribution is -1.96. The Morgan fingerprint density at radius 2 is 1.53 bits per heavy atom. The molecule has 17 heavy (non-hydrogen) atoms. The zero-order valence-corrected chi connectivity index (χ0v) is 9.85. The molecule has 0 aliphatic rings. The van der Waals surface area contributed by atoms with E-state index in [0.717, 1.165) is 11.1 Å². The van der Waals surface area contributed by atoms with Gasteiger partial charge in [-0.25, -0.2) is 0 Å². The van der Waals surface area contributed by atoms with Gasteiger partial charge >= 0.3 is 0 Å². The average Bonchev–Trinajstić information content (AvgIpc) is 2.33. The molecule has 0 bridgehead atoms. The number of nitrogen functional groups attached to an aromatic ring is 2. The number of rotatable bonds is 2. The number of hydrogen-bond donors (Lipinski definition) is 2. The Kier molecular flexibility index (Phi) is 3.15. The van der Waals surface area contributed by atoms with Gasteiger partial charge in [-0.2, -0.15) is 0 Å². The zero-order chi connectivity index (χ0) is 12.3. The van der Waals surface area contributed by atoms with E-state index in [1.807, 2.05) is 37.3 Å². The molecule has 0 atom stereocenters. The topological polar surface area (TPSA) is 52.0 Å². The Hall–Kier alpha value is -2.22.